The SMILES string of the molecule is CCOc1cc([C@@H](C2CCCCC2)N2CCNCC2)ccc1O.Cl.Cl. The van der Waals surface area contributed by atoms with E-state index in [9.17, 15) is 5.11 Å². The van der Waals surface area contributed by atoms with Crippen LogP contribution in [0.3, 0.4) is 0 Å². The Morgan fingerprint density at radius 3 is 2.48 bits per heavy atom. The van der Waals surface area contributed by atoms with E-state index < -0.39 is 0 Å². The average molecular weight is 391 g/mol. The van der Waals surface area contributed by atoms with Gasteiger partial charge in [0, 0.05) is 32.2 Å². The number of nitrogens with one attached hydrogen (secondary N) is 1. The highest BCUT2D eigenvalue weighted by atomic mass is 35.5. The molecule has 1 heterocycles. The first-order chi connectivity index (χ1) is 11.3. The minimum absolute atomic E-state index is 0. The van der Waals surface area contributed by atoms with Gasteiger partial charge < -0.3 is 15.2 Å². The first kappa shape index (κ1) is 22.4. The Labute approximate surface area is 164 Å². The van der Waals surface area contributed by atoms with E-state index in [0.29, 0.717) is 18.4 Å². The third-order valence-electron chi connectivity index (χ3n) is 5.27. The van der Waals surface area contributed by atoms with E-state index in [1.165, 1.54) is 37.7 Å². The highest BCUT2D eigenvalue weighted by Gasteiger charge is 2.31. The maximum atomic E-state index is 10.0. The molecular formula is C19H32Cl2N2O2. The van der Waals surface area contributed by atoms with Crippen molar-refractivity contribution in [3.63, 3.8) is 0 Å². The molecule has 25 heavy (non-hydrogen) atoms. The Morgan fingerprint density at radius 1 is 1.16 bits per heavy atom. The Balaban J connectivity index is 0.00000156. The van der Waals surface area contributed by atoms with Crippen LogP contribution in [0.15, 0.2) is 18.2 Å². The van der Waals surface area contributed by atoms with Crippen LogP contribution < -0.4 is 10.1 Å². The number of nitrogens with zero attached hydrogens (tertiary/aromatic N) is 1. The molecule has 2 N–H and O–H groups in total. The molecule has 1 saturated carbocycles. The van der Waals surface area contributed by atoms with E-state index in [2.05, 4.69) is 22.3 Å². The van der Waals surface area contributed by atoms with E-state index in [-0.39, 0.29) is 30.6 Å². The summed E-state index contributed by atoms with van der Waals surface area (Å²) in [4.78, 5) is 2.63. The van der Waals surface area contributed by atoms with Crippen LogP contribution >= 0.6 is 24.8 Å². The smallest absolute Gasteiger partial charge is 0.161 e. The van der Waals surface area contributed by atoms with Crippen LogP contribution in [0.5, 0.6) is 11.5 Å². The Morgan fingerprint density at radius 2 is 1.84 bits per heavy atom. The molecule has 1 aliphatic carbocycles. The highest BCUT2D eigenvalue weighted by molar-refractivity contribution is 5.85. The number of phenolic OH excluding ortho intramolecular Hbond substituents is 1. The molecule has 0 unspecified atom stereocenters. The minimum atomic E-state index is 0. The van der Waals surface area contributed by atoms with E-state index in [0.717, 1.165) is 32.1 Å². The fourth-order valence-electron chi connectivity index (χ4n) is 4.18. The lowest BCUT2D eigenvalue weighted by Gasteiger charge is -2.41. The maximum Gasteiger partial charge on any atom is 0.161 e. The summed E-state index contributed by atoms with van der Waals surface area (Å²) in [6.07, 6.45) is 6.72. The number of ether oxygens (including phenoxy) is 1. The predicted octanol–water partition coefficient (Wildman–Crippen LogP) is 4.16. The molecule has 0 aromatic heterocycles. The molecule has 144 valence electrons. The van der Waals surface area contributed by atoms with Crippen LogP contribution in [0.4, 0.5) is 0 Å². The summed E-state index contributed by atoms with van der Waals surface area (Å²) in [6, 6.07) is 6.43. The van der Waals surface area contributed by atoms with Crippen molar-refractivity contribution in [3.8, 4) is 11.5 Å². The second kappa shape index (κ2) is 11.1. The van der Waals surface area contributed by atoms with Crippen molar-refractivity contribution in [2.75, 3.05) is 32.8 Å². The van der Waals surface area contributed by atoms with Crippen LogP contribution in [0.1, 0.15) is 50.6 Å². The van der Waals surface area contributed by atoms with Crippen LogP contribution in [-0.2, 0) is 0 Å². The Bertz CT molecular complexity index is 486. The van der Waals surface area contributed by atoms with Gasteiger partial charge in [-0.3, -0.25) is 4.90 Å². The molecule has 0 bridgehead atoms. The third-order valence-corrected chi connectivity index (χ3v) is 5.27. The molecule has 1 aromatic carbocycles. The van der Waals surface area contributed by atoms with Gasteiger partial charge in [0.1, 0.15) is 0 Å². The number of benzene rings is 1. The Kier molecular flexibility index (Phi) is 9.95. The lowest BCUT2D eigenvalue weighted by molar-refractivity contribution is 0.103. The van der Waals surface area contributed by atoms with Crippen molar-refractivity contribution in [2.45, 2.75) is 45.1 Å². The summed E-state index contributed by atoms with van der Waals surface area (Å²) in [7, 11) is 0. The van der Waals surface area contributed by atoms with Gasteiger partial charge in [0.2, 0.25) is 0 Å². The normalized spacial score (nSPS) is 20.2. The fraction of sp³-hybridized carbons (Fsp3) is 0.684. The van der Waals surface area contributed by atoms with Gasteiger partial charge in [-0.15, -0.1) is 24.8 Å². The van der Waals surface area contributed by atoms with Crippen molar-refractivity contribution < 1.29 is 9.84 Å². The molecular weight excluding hydrogens is 359 g/mol. The van der Waals surface area contributed by atoms with Gasteiger partial charge in [-0.05, 0) is 43.4 Å². The lowest BCUT2D eigenvalue weighted by atomic mass is 9.80. The molecule has 1 aromatic rings. The monoisotopic (exact) mass is 390 g/mol. The summed E-state index contributed by atoms with van der Waals surface area (Å²) in [5.74, 6) is 1.60. The molecule has 2 fully saturated rings. The van der Waals surface area contributed by atoms with Gasteiger partial charge in [-0.25, -0.2) is 0 Å². The molecule has 4 nitrogen and oxygen atoms in total. The molecule has 0 radical (unpaired) electrons. The number of piperazine rings is 1. The molecule has 0 spiro atoms. The number of phenols is 1. The number of aromatic hydroxyl groups is 1. The summed E-state index contributed by atoms with van der Waals surface area (Å²) < 4.78 is 5.62. The van der Waals surface area contributed by atoms with Gasteiger partial charge in [0.05, 0.1) is 6.61 Å². The number of hydrogen-bond acceptors (Lipinski definition) is 4. The van der Waals surface area contributed by atoms with Crippen LogP contribution in [0, 0.1) is 5.92 Å². The number of rotatable bonds is 5. The quantitative estimate of drug-likeness (QED) is 0.791. The van der Waals surface area contributed by atoms with E-state index >= 15 is 0 Å². The van der Waals surface area contributed by atoms with E-state index in [4.69, 9.17) is 4.74 Å². The van der Waals surface area contributed by atoms with Gasteiger partial charge in [-0.2, -0.15) is 0 Å². The summed E-state index contributed by atoms with van der Waals surface area (Å²) >= 11 is 0. The van der Waals surface area contributed by atoms with Crippen molar-refractivity contribution in [1.82, 2.24) is 10.2 Å². The topological polar surface area (TPSA) is 44.7 Å². The van der Waals surface area contributed by atoms with Crippen LogP contribution in [-0.4, -0.2) is 42.8 Å². The average Bonchev–Trinajstić information content (AvgIpc) is 2.60. The maximum absolute atomic E-state index is 10.0. The van der Waals surface area contributed by atoms with Gasteiger partial charge in [0.25, 0.3) is 0 Å². The molecule has 6 heteroatoms. The largest absolute Gasteiger partial charge is 0.504 e. The molecule has 3 rings (SSSR count). The first-order valence-electron chi connectivity index (χ1n) is 9.20. The third kappa shape index (κ3) is 5.65. The second-order valence-electron chi connectivity index (χ2n) is 6.79. The van der Waals surface area contributed by atoms with Gasteiger partial charge in [-0.1, -0.05) is 25.3 Å². The zero-order valence-electron chi connectivity index (χ0n) is 15.1. The molecule has 1 aliphatic heterocycles. The standard InChI is InChI=1S/C19H30N2O2.2ClH/c1-2-23-18-14-16(8-9-17(18)22)19(15-6-4-3-5-7-15)21-12-10-20-11-13-21;;/h8-9,14-15,19-20,22H,2-7,10-13H2,1H3;2*1H/t19-;;/m1../s1. The molecule has 1 atom stereocenters. The summed E-state index contributed by atoms with van der Waals surface area (Å²) in [5, 5.41) is 13.5. The lowest BCUT2D eigenvalue weighted by Crippen LogP contribution is -2.47. The van der Waals surface area contributed by atoms with Crippen molar-refractivity contribution >= 4 is 24.8 Å². The van der Waals surface area contributed by atoms with Crippen molar-refractivity contribution in [1.29, 1.82) is 0 Å². The first-order valence-corrected chi connectivity index (χ1v) is 9.20. The van der Waals surface area contributed by atoms with Crippen molar-refractivity contribution in [2.24, 2.45) is 5.92 Å². The van der Waals surface area contributed by atoms with E-state index in [1.807, 2.05) is 6.92 Å². The number of hydrogen-bond donors (Lipinski definition) is 2. The van der Waals surface area contributed by atoms with Crippen LogP contribution in [0.25, 0.3) is 0 Å². The highest BCUT2D eigenvalue weighted by Crippen LogP contribution is 2.40. The summed E-state index contributed by atoms with van der Waals surface area (Å²) in [6.45, 7) is 6.89. The number of halogens is 2. The minimum Gasteiger partial charge on any atom is -0.504 e. The zero-order chi connectivity index (χ0) is 16.1. The zero-order valence-corrected chi connectivity index (χ0v) is 16.7. The van der Waals surface area contributed by atoms with E-state index in [1.54, 1.807) is 6.07 Å². The molecule has 0 amide bonds. The molecule has 1 saturated heterocycles. The Hall–Kier alpha value is -0.680. The van der Waals surface area contributed by atoms with Gasteiger partial charge in [0.15, 0.2) is 11.5 Å². The fourth-order valence-corrected chi connectivity index (χ4v) is 4.18. The van der Waals surface area contributed by atoms with Gasteiger partial charge >= 0.3 is 0 Å². The molecule has 2 aliphatic rings. The van der Waals surface area contributed by atoms with Crippen LogP contribution in [0.2, 0.25) is 0 Å². The summed E-state index contributed by atoms with van der Waals surface area (Å²) in [5.41, 5.74) is 1.31. The predicted molar refractivity (Wildman–Crippen MR) is 108 cm³/mol. The van der Waals surface area contributed by atoms with Crippen molar-refractivity contribution in [3.05, 3.63) is 23.8 Å². The second-order valence-corrected chi connectivity index (χ2v) is 6.79.